The molecule has 0 atom stereocenters. The summed E-state index contributed by atoms with van der Waals surface area (Å²) in [5, 5.41) is 4.17. The molecule has 0 radical (unpaired) electrons. The fourth-order valence-electron chi connectivity index (χ4n) is 4.02. The SMILES string of the molecule is Clc1cc(Br)cc(-c2nc(-c3cccc4ccccc34)c3sc4ccccc4c3n2)c1. The van der Waals surface area contributed by atoms with Crippen molar-refractivity contribution in [2.24, 2.45) is 0 Å². The maximum atomic E-state index is 6.34. The minimum Gasteiger partial charge on any atom is -0.226 e. The summed E-state index contributed by atoms with van der Waals surface area (Å²) in [6.07, 6.45) is 0. The van der Waals surface area contributed by atoms with Crippen LogP contribution in [0.25, 0.3) is 53.7 Å². The molecule has 148 valence electrons. The van der Waals surface area contributed by atoms with E-state index in [1.165, 1.54) is 15.5 Å². The number of fused-ring (bicyclic) bond motifs is 4. The molecule has 4 aromatic carbocycles. The van der Waals surface area contributed by atoms with Crippen LogP contribution in [0.15, 0.2) is 89.4 Å². The Balaban J connectivity index is 1.75. The first-order valence-electron chi connectivity index (χ1n) is 9.81. The van der Waals surface area contributed by atoms with Crippen LogP contribution in [-0.2, 0) is 0 Å². The van der Waals surface area contributed by atoms with Gasteiger partial charge < -0.3 is 0 Å². The van der Waals surface area contributed by atoms with E-state index < -0.39 is 0 Å². The molecule has 0 aliphatic rings. The normalized spacial score (nSPS) is 11.5. The molecular formula is C26H14BrClN2S. The van der Waals surface area contributed by atoms with Gasteiger partial charge in [-0.05, 0) is 35.0 Å². The molecule has 2 nitrogen and oxygen atoms in total. The lowest BCUT2D eigenvalue weighted by molar-refractivity contribution is 1.24. The molecule has 5 heteroatoms. The molecule has 0 spiro atoms. The minimum atomic E-state index is 0.648. The van der Waals surface area contributed by atoms with Crippen molar-refractivity contribution in [1.82, 2.24) is 9.97 Å². The highest BCUT2D eigenvalue weighted by atomic mass is 79.9. The zero-order valence-corrected chi connectivity index (χ0v) is 19.3. The highest BCUT2D eigenvalue weighted by molar-refractivity contribution is 9.10. The third-order valence-electron chi connectivity index (χ3n) is 5.39. The zero-order valence-electron chi connectivity index (χ0n) is 16.1. The van der Waals surface area contributed by atoms with Crippen molar-refractivity contribution in [2.45, 2.75) is 0 Å². The van der Waals surface area contributed by atoms with Gasteiger partial charge in [0, 0.05) is 30.7 Å². The second-order valence-corrected chi connectivity index (χ2v) is 9.76. The van der Waals surface area contributed by atoms with E-state index in [0.717, 1.165) is 36.9 Å². The van der Waals surface area contributed by atoms with Gasteiger partial charge in [-0.2, -0.15) is 0 Å². The van der Waals surface area contributed by atoms with Crippen LogP contribution < -0.4 is 0 Å². The monoisotopic (exact) mass is 500 g/mol. The summed E-state index contributed by atoms with van der Waals surface area (Å²) >= 11 is 11.6. The lowest BCUT2D eigenvalue weighted by Gasteiger charge is -2.10. The van der Waals surface area contributed by atoms with Crippen LogP contribution >= 0.6 is 38.9 Å². The summed E-state index contributed by atoms with van der Waals surface area (Å²) in [5.41, 5.74) is 3.93. The van der Waals surface area contributed by atoms with E-state index in [-0.39, 0.29) is 0 Å². The number of hydrogen-bond acceptors (Lipinski definition) is 3. The Bertz CT molecular complexity index is 1600. The van der Waals surface area contributed by atoms with Gasteiger partial charge in [0.15, 0.2) is 5.82 Å². The molecule has 0 N–H and O–H groups in total. The highest BCUT2D eigenvalue weighted by Gasteiger charge is 2.18. The highest BCUT2D eigenvalue weighted by Crippen LogP contribution is 2.41. The topological polar surface area (TPSA) is 25.8 Å². The second kappa shape index (κ2) is 7.41. The van der Waals surface area contributed by atoms with E-state index in [1.54, 1.807) is 11.3 Å². The Morgan fingerprint density at radius 3 is 2.42 bits per heavy atom. The van der Waals surface area contributed by atoms with Gasteiger partial charge in [-0.3, -0.25) is 0 Å². The maximum Gasteiger partial charge on any atom is 0.160 e. The molecule has 6 rings (SSSR count). The number of thiophene rings is 1. The second-order valence-electron chi connectivity index (χ2n) is 7.36. The molecular weight excluding hydrogens is 488 g/mol. The van der Waals surface area contributed by atoms with Gasteiger partial charge in [0.05, 0.1) is 15.9 Å². The quantitative estimate of drug-likeness (QED) is 0.237. The Labute approximate surface area is 196 Å². The van der Waals surface area contributed by atoms with Crippen molar-refractivity contribution in [2.75, 3.05) is 0 Å². The lowest BCUT2D eigenvalue weighted by atomic mass is 10.0. The fraction of sp³-hybridized carbons (Fsp3) is 0. The standard InChI is InChI=1S/C26H14BrClN2S/c27-17-12-16(13-18(28)14-17)26-29-23(20-10-5-7-15-6-1-2-8-19(15)20)25-24(30-26)21-9-3-4-11-22(21)31-25/h1-14H. The molecule has 2 heterocycles. The molecule has 0 aliphatic carbocycles. The van der Waals surface area contributed by atoms with Crippen LogP contribution in [0.1, 0.15) is 0 Å². The molecule has 0 bridgehead atoms. The predicted octanol–water partition coefficient (Wildman–Crippen LogP) is 8.75. The average molecular weight is 502 g/mol. The van der Waals surface area contributed by atoms with Crippen molar-refractivity contribution < 1.29 is 0 Å². The molecule has 31 heavy (non-hydrogen) atoms. The van der Waals surface area contributed by atoms with E-state index in [4.69, 9.17) is 21.6 Å². The largest absolute Gasteiger partial charge is 0.226 e. The first-order valence-corrected chi connectivity index (χ1v) is 11.8. The third kappa shape index (κ3) is 3.23. The Morgan fingerprint density at radius 2 is 1.55 bits per heavy atom. The smallest absolute Gasteiger partial charge is 0.160 e. The molecule has 0 fully saturated rings. The number of rotatable bonds is 2. The molecule has 0 saturated carbocycles. The van der Waals surface area contributed by atoms with Gasteiger partial charge in [-0.1, -0.05) is 88.2 Å². The van der Waals surface area contributed by atoms with Gasteiger partial charge in [-0.25, -0.2) is 9.97 Å². The average Bonchev–Trinajstić information content (AvgIpc) is 3.16. The molecule has 0 unspecified atom stereocenters. The molecule has 0 aliphatic heterocycles. The molecule has 6 aromatic rings. The lowest BCUT2D eigenvalue weighted by Crippen LogP contribution is -1.94. The number of nitrogens with zero attached hydrogens (tertiary/aromatic N) is 2. The van der Waals surface area contributed by atoms with Crippen molar-refractivity contribution in [3.63, 3.8) is 0 Å². The van der Waals surface area contributed by atoms with Gasteiger partial charge in [0.2, 0.25) is 0 Å². The summed E-state index contributed by atoms with van der Waals surface area (Å²) in [5.74, 6) is 0.669. The van der Waals surface area contributed by atoms with Crippen molar-refractivity contribution in [1.29, 1.82) is 0 Å². The first kappa shape index (κ1) is 18.9. The van der Waals surface area contributed by atoms with Gasteiger partial charge >= 0.3 is 0 Å². The Morgan fingerprint density at radius 1 is 0.774 bits per heavy atom. The van der Waals surface area contributed by atoms with E-state index >= 15 is 0 Å². The molecule has 2 aromatic heterocycles. The molecule has 0 saturated heterocycles. The van der Waals surface area contributed by atoms with Crippen molar-refractivity contribution in [3.05, 3.63) is 94.4 Å². The number of benzene rings is 4. The van der Waals surface area contributed by atoms with Crippen LogP contribution in [-0.4, -0.2) is 9.97 Å². The van der Waals surface area contributed by atoms with Gasteiger partial charge in [-0.15, -0.1) is 11.3 Å². The van der Waals surface area contributed by atoms with Crippen LogP contribution in [0.5, 0.6) is 0 Å². The number of halogens is 2. The van der Waals surface area contributed by atoms with Crippen LogP contribution in [0.4, 0.5) is 0 Å². The third-order valence-corrected chi connectivity index (χ3v) is 7.23. The van der Waals surface area contributed by atoms with Crippen molar-refractivity contribution >= 4 is 69.9 Å². The summed E-state index contributed by atoms with van der Waals surface area (Å²) < 4.78 is 3.21. The summed E-state index contributed by atoms with van der Waals surface area (Å²) in [4.78, 5) is 10.1. The number of hydrogen-bond donors (Lipinski definition) is 0. The summed E-state index contributed by atoms with van der Waals surface area (Å²) in [6.45, 7) is 0. The van der Waals surface area contributed by atoms with E-state index in [1.807, 2.05) is 18.2 Å². The van der Waals surface area contributed by atoms with Crippen LogP contribution in [0, 0.1) is 0 Å². The van der Waals surface area contributed by atoms with Crippen molar-refractivity contribution in [3.8, 4) is 22.6 Å². The number of aromatic nitrogens is 2. The summed E-state index contributed by atoms with van der Waals surface area (Å²) in [7, 11) is 0. The summed E-state index contributed by atoms with van der Waals surface area (Å²) in [6, 6.07) is 29.0. The van der Waals surface area contributed by atoms with Crippen LogP contribution in [0.3, 0.4) is 0 Å². The van der Waals surface area contributed by atoms with Crippen LogP contribution in [0.2, 0.25) is 5.02 Å². The Kier molecular flexibility index (Phi) is 4.53. The maximum absolute atomic E-state index is 6.34. The van der Waals surface area contributed by atoms with E-state index in [0.29, 0.717) is 10.8 Å². The molecule has 0 amide bonds. The predicted molar refractivity (Wildman–Crippen MR) is 136 cm³/mol. The fourth-order valence-corrected chi connectivity index (χ4v) is 6.02. The minimum absolute atomic E-state index is 0.648. The van der Waals surface area contributed by atoms with E-state index in [9.17, 15) is 0 Å². The van der Waals surface area contributed by atoms with E-state index in [2.05, 4.69) is 82.7 Å². The zero-order chi connectivity index (χ0) is 20.9. The van der Waals surface area contributed by atoms with Gasteiger partial charge in [0.1, 0.15) is 0 Å². The Hall–Kier alpha value is -2.79. The first-order chi connectivity index (χ1) is 15.2. The van der Waals surface area contributed by atoms with Gasteiger partial charge in [0.25, 0.3) is 0 Å².